The zero-order valence-electron chi connectivity index (χ0n) is 21.6. The van der Waals surface area contributed by atoms with Crippen LogP contribution < -0.4 is 5.32 Å². The second-order valence-electron chi connectivity index (χ2n) is 10.5. The first kappa shape index (κ1) is 27.1. The Kier molecular flexibility index (Phi) is 10.2. The quantitative estimate of drug-likeness (QED) is 0.391. The number of carbonyl (C=O) groups excluding carboxylic acids is 2. The number of hydrogen-bond acceptors (Lipinski definition) is 4. The molecule has 2 rings (SSSR count). The minimum Gasteiger partial charge on any atom is -0.459 e. The van der Waals surface area contributed by atoms with E-state index in [-0.39, 0.29) is 35.9 Å². The Balaban J connectivity index is 2.47. The van der Waals surface area contributed by atoms with Crippen LogP contribution in [0.25, 0.3) is 0 Å². The summed E-state index contributed by atoms with van der Waals surface area (Å²) in [5.74, 6) is 0.367. The summed E-state index contributed by atoms with van der Waals surface area (Å²) in [7, 11) is 0. The number of allylic oxidation sites excluding steroid dienone is 1. The van der Waals surface area contributed by atoms with Crippen LogP contribution in [0.3, 0.4) is 0 Å². The van der Waals surface area contributed by atoms with E-state index in [0.29, 0.717) is 5.92 Å². The van der Waals surface area contributed by atoms with Gasteiger partial charge in [-0.3, -0.25) is 14.5 Å². The van der Waals surface area contributed by atoms with Gasteiger partial charge in [0.15, 0.2) is 0 Å². The van der Waals surface area contributed by atoms with Gasteiger partial charge in [0.25, 0.3) is 0 Å². The van der Waals surface area contributed by atoms with Gasteiger partial charge in [-0.2, -0.15) is 0 Å². The van der Waals surface area contributed by atoms with Gasteiger partial charge in [0.05, 0.1) is 0 Å². The van der Waals surface area contributed by atoms with Crippen LogP contribution in [0.4, 0.5) is 0 Å². The number of benzene rings is 1. The van der Waals surface area contributed by atoms with Crippen molar-refractivity contribution in [1.82, 2.24) is 10.2 Å². The van der Waals surface area contributed by atoms with Gasteiger partial charge in [0.2, 0.25) is 5.91 Å². The van der Waals surface area contributed by atoms with Crippen molar-refractivity contribution in [2.45, 2.75) is 97.9 Å². The number of likely N-dealkylation sites (tertiary alicyclic amines) is 1. The number of rotatable bonds is 10. The van der Waals surface area contributed by atoms with Gasteiger partial charge in [-0.25, -0.2) is 0 Å². The number of hydrogen-bond donors (Lipinski definition) is 1. The standard InChI is InChI=1S/C28H44N2O3/c1-8-13-23-18-26(27(32)33-28(5,6)7)30(19-23)25(17-22-15-11-10-12-16-22)24(14-9-2)20(3)29-21(4)31/h8,10-13,15-16,20,23-26H,9,14,17-19H2,1-7H3,(H,29,31). The van der Waals surface area contributed by atoms with Crippen molar-refractivity contribution < 1.29 is 14.3 Å². The summed E-state index contributed by atoms with van der Waals surface area (Å²) in [6.07, 6.45) is 7.88. The molecule has 1 N–H and O–H groups in total. The van der Waals surface area contributed by atoms with Crippen LogP contribution in [0.5, 0.6) is 0 Å². The molecule has 1 aromatic rings. The molecule has 33 heavy (non-hydrogen) atoms. The lowest BCUT2D eigenvalue weighted by Crippen LogP contribution is -2.54. The largest absolute Gasteiger partial charge is 0.459 e. The molecule has 1 aromatic carbocycles. The molecule has 1 aliphatic rings. The highest BCUT2D eigenvalue weighted by molar-refractivity contribution is 5.77. The molecule has 0 radical (unpaired) electrons. The Bertz CT molecular complexity index is 784. The van der Waals surface area contributed by atoms with Crippen molar-refractivity contribution in [3.05, 3.63) is 48.0 Å². The lowest BCUT2D eigenvalue weighted by molar-refractivity contribution is -0.161. The SMILES string of the molecule is CC=CC1CC(C(=O)OC(C)(C)C)N(C(Cc2ccccc2)C(CCC)C(C)NC(C)=O)C1. The Hall–Kier alpha value is -2.14. The Labute approximate surface area is 201 Å². The predicted molar refractivity (Wildman–Crippen MR) is 135 cm³/mol. The van der Waals surface area contributed by atoms with E-state index in [1.807, 2.05) is 33.8 Å². The third-order valence-electron chi connectivity index (χ3n) is 6.42. The van der Waals surface area contributed by atoms with Crippen LogP contribution in [0.2, 0.25) is 0 Å². The number of carbonyl (C=O) groups is 2. The molecule has 5 unspecified atom stereocenters. The maximum Gasteiger partial charge on any atom is 0.323 e. The minimum absolute atomic E-state index is 0.0104. The highest BCUT2D eigenvalue weighted by Crippen LogP contribution is 2.34. The lowest BCUT2D eigenvalue weighted by atomic mass is 9.83. The highest BCUT2D eigenvalue weighted by atomic mass is 16.6. The van der Waals surface area contributed by atoms with E-state index in [9.17, 15) is 9.59 Å². The molecule has 1 amide bonds. The second-order valence-corrected chi connectivity index (χ2v) is 10.5. The summed E-state index contributed by atoms with van der Waals surface area (Å²) < 4.78 is 5.87. The zero-order chi connectivity index (χ0) is 24.6. The molecule has 5 heteroatoms. The molecule has 0 bridgehead atoms. The van der Waals surface area contributed by atoms with Crippen molar-refractivity contribution >= 4 is 11.9 Å². The van der Waals surface area contributed by atoms with E-state index in [2.05, 4.69) is 60.5 Å². The Morgan fingerprint density at radius 3 is 2.45 bits per heavy atom. The zero-order valence-corrected chi connectivity index (χ0v) is 21.6. The summed E-state index contributed by atoms with van der Waals surface area (Å²) in [5.41, 5.74) is 0.721. The molecule has 0 saturated carbocycles. The number of nitrogens with one attached hydrogen (secondary N) is 1. The molecule has 1 heterocycles. The fourth-order valence-corrected chi connectivity index (χ4v) is 5.18. The molecule has 0 aliphatic carbocycles. The van der Waals surface area contributed by atoms with E-state index in [1.54, 1.807) is 6.92 Å². The molecular formula is C28H44N2O3. The third kappa shape index (κ3) is 8.29. The normalized spacial score (nSPS) is 22.2. The van der Waals surface area contributed by atoms with Crippen LogP contribution in [-0.2, 0) is 20.7 Å². The number of ether oxygens (including phenoxy) is 1. The molecule has 5 atom stereocenters. The van der Waals surface area contributed by atoms with Crippen LogP contribution >= 0.6 is 0 Å². The maximum atomic E-state index is 13.3. The average molecular weight is 457 g/mol. The fourth-order valence-electron chi connectivity index (χ4n) is 5.18. The van der Waals surface area contributed by atoms with Crippen LogP contribution in [0.15, 0.2) is 42.5 Å². The summed E-state index contributed by atoms with van der Waals surface area (Å²) in [6, 6.07) is 10.3. The number of nitrogens with zero attached hydrogens (tertiary/aromatic N) is 1. The minimum atomic E-state index is -0.525. The third-order valence-corrected chi connectivity index (χ3v) is 6.42. The summed E-state index contributed by atoms with van der Waals surface area (Å²) in [6.45, 7) is 14.5. The van der Waals surface area contributed by atoms with Gasteiger partial charge >= 0.3 is 5.97 Å². The molecule has 1 saturated heterocycles. The first-order chi connectivity index (χ1) is 15.6. The van der Waals surface area contributed by atoms with E-state index < -0.39 is 5.60 Å². The van der Waals surface area contributed by atoms with Gasteiger partial charge in [-0.05, 0) is 71.3 Å². The molecule has 0 aromatic heterocycles. The van der Waals surface area contributed by atoms with Crippen LogP contribution in [0.1, 0.15) is 73.3 Å². The predicted octanol–water partition coefficient (Wildman–Crippen LogP) is 5.15. The van der Waals surface area contributed by atoms with Crippen LogP contribution in [0, 0.1) is 11.8 Å². The van der Waals surface area contributed by atoms with Gasteiger partial charge in [-0.15, -0.1) is 0 Å². The monoisotopic (exact) mass is 456 g/mol. The van der Waals surface area contributed by atoms with Gasteiger partial charge in [0, 0.05) is 25.6 Å². The smallest absolute Gasteiger partial charge is 0.323 e. The molecular weight excluding hydrogens is 412 g/mol. The van der Waals surface area contributed by atoms with Crippen molar-refractivity contribution in [2.24, 2.45) is 11.8 Å². The topological polar surface area (TPSA) is 58.6 Å². The van der Waals surface area contributed by atoms with Crippen molar-refractivity contribution in [3.63, 3.8) is 0 Å². The molecule has 5 nitrogen and oxygen atoms in total. The summed E-state index contributed by atoms with van der Waals surface area (Å²) >= 11 is 0. The molecule has 1 fully saturated rings. The first-order valence-corrected chi connectivity index (χ1v) is 12.5. The summed E-state index contributed by atoms with van der Waals surface area (Å²) in [4.78, 5) is 27.7. The van der Waals surface area contributed by atoms with Gasteiger partial charge in [0.1, 0.15) is 11.6 Å². The Morgan fingerprint density at radius 2 is 1.91 bits per heavy atom. The fraction of sp³-hybridized carbons (Fsp3) is 0.643. The van der Waals surface area contributed by atoms with Crippen LogP contribution in [-0.4, -0.2) is 47.0 Å². The number of esters is 1. The lowest BCUT2D eigenvalue weighted by Gasteiger charge is -2.41. The van der Waals surface area contributed by atoms with E-state index in [1.165, 1.54) is 5.56 Å². The number of amides is 1. The molecule has 1 aliphatic heterocycles. The highest BCUT2D eigenvalue weighted by Gasteiger charge is 2.44. The molecule has 0 spiro atoms. The average Bonchev–Trinajstić information content (AvgIpc) is 3.14. The summed E-state index contributed by atoms with van der Waals surface area (Å²) in [5, 5.41) is 3.14. The van der Waals surface area contributed by atoms with Crippen molar-refractivity contribution in [3.8, 4) is 0 Å². The Morgan fingerprint density at radius 1 is 1.24 bits per heavy atom. The van der Waals surface area contributed by atoms with E-state index in [4.69, 9.17) is 4.74 Å². The first-order valence-electron chi connectivity index (χ1n) is 12.5. The van der Waals surface area contributed by atoms with Crippen molar-refractivity contribution in [2.75, 3.05) is 6.54 Å². The van der Waals surface area contributed by atoms with Gasteiger partial charge in [-0.1, -0.05) is 55.8 Å². The maximum absolute atomic E-state index is 13.3. The second kappa shape index (κ2) is 12.4. The van der Waals surface area contributed by atoms with Crippen molar-refractivity contribution in [1.29, 1.82) is 0 Å². The van der Waals surface area contributed by atoms with Gasteiger partial charge < -0.3 is 10.1 Å². The molecule has 184 valence electrons. The van der Waals surface area contributed by atoms with E-state index in [0.717, 1.165) is 32.2 Å². The van der Waals surface area contributed by atoms with E-state index >= 15 is 0 Å².